The Balaban J connectivity index is 3.44. The summed E-state index contributed by atoms with van der Waals surface area (Å²) in [6.07, 6.45) is 0.418. The lowest BCUT2D eigenvalue weighted by Gasteiger charge is -1.98. The molecule has 0 atom stereocenters. The molecule has 1 aromatic carbocycles. The van der Waals surface area contributed by atoms with Crippen LogP contribution in [-0.2, 0) is 0 Å². The maximum atomic E-state index is 10.4. The van der Waals surface area contributed by atoms with Gasteiger partial charge in [0.1, 0.15) is 5.02 Å². The summed E-state index contributed by atoms with van der Waals surface area (Å²) in [4.78, 5) is 20.1. The molecule has 1 aromatic rings. The summed E-state index contributed by atoms with van der Waals surface area (Å²) in [6, 6.07) is 2.36. The molecule has 0 aliphatic rings. The van der Waals surface area contributed by atoms with Gasteiger partial charge >= 0.3 is 0 Å². The normalized spacial score (nSPS) is 9.69. The molecule has 0 saturated carbocycles. The zero-order valence-corrected chi connectivity index (χ0v) is 7.67. The molecule has 13 heavy (non-hydrogen) atoms. The second-order valence-electron chi connectivity index (χ2n) is 2.20. The van der Waals surface area contributed by atoms with E-state index in [4.69, 9.17) is 23.2 Å². The van der Waals surface area contributed by atoms with Crippen LogP contribution in [0.15, 0.2) is 12.1 Å². The summed E-state index contributed by atoms with van der Waals surface area (Å²) in [5.74, 6) is 0. The van der Waals surface area contributed by atoms with Crippen molar-refractivity contribution in [3.63, 3.8) is 0 Å². The summed E-state index contributed by atoms with van der Waals surface area (Å²) in [5, 5.41) is 10.3. The molecule has 0 unspecified atom stereocenters. The standard InChI is InChI=1S/C7H3Cl2NO3/c8-5-1-4(3-11)7(9)6(2-5)10(12)13/h1-3H. The third-order valence-electron chi connectivity index (χ3n) is 1.37. The van der Waals surface area contributed by atoms with E-state index in [1.807, 2.05) is 0 Å². The Hall–Kier alpha value is -1.13. The van der Waals surface area contributed by atoms with Crippen molar-refractivity contribution in [2.45, 2.75) is 0 Å². The average molecular weight is 220 g/mol. The zero-order valence-electron chi connectivity index (χ0n) is 6.16. The highest BCUT2D eigenvalue weighted by Gasteiger charge is 2.16. The highest BCUT2D eigenvalue weighted by molar-refractivity contribution is 6.36. The molecule has 0 amide bonds. The second-order valence-corrected chi connectivity index (χ2v) is 3.02. The molecule has 4 nitrogen and oxygen atoms in total. The number of hydrogen-bond donors (Lipinski definition) is 0. The average Bonchev–Trinajstić information content (AvgIpc) is 2.08. The van der Waals surface area contributed by atoms with Crippen LogP contribution in [0.1, 0.15) is 10.4 Å². The first kappa shape index (κ1) is 9.95. The van der Waals surface area contributed by atoms with Gasteiger partial charge in [0.05, 0.1) is 4.92 Å². The fourth-order valence-electron chi connectivity index (χ4n) is 0.814. The predicted octanol–water partition coefficient (Wildman–Crippen LogP) is 2.71. The van der Waals surface area contributed by atoms with E-state index in [-0.39, 0.29) is 21.3 Å². The van der Waals surface area contributed by atoms with Gasteiger partial charge in [-0.05, 0) is 6.07 Å². The summed E-state index contributed by atoms with van der Waals surface area (Å²) in [6.45, 7) is 0. The van der Waals surface area contributed by atoms with Gasteiger partial charge in [0.15, 0.2) is 6.29 Å². The molecule has 0 fully saturated rings. The van der Waals surface area contributed by atoms with E-state index < -0.39 is 4.92 Å². The van der Waals surface area contributed by atoms with Crippen molar-refractivity contribution >= 4 is 35.2 Å². The number of halogens is 2. The number of nitro benzene ring substituents is 1. The number of rotatable bonds is 2. The molecule has 0 radical (unpaired) electrons. The molecule has 6 heteroatoms. The van der Waals surface area contributed by atoms with E-state index in [1.165, 1.54) is 6.07 Å². The molecule has 0 N–H and O–H groups in total. The van der Waals surface area contributed by atoms with Gasteiger partial charge in [-0.25, -0.2) is 0 Å². The lowest BCUT2D eigenvalue weighted by Crippen LogP contribution is -1.92. The summed E-state index contributed by atoms with van der Waals surface area (Å²) in [5.41, 5.74) is -0.350. The lowest BCUT2D eigenvalue weighted by molar-refractivity contribution is -0.384. The van der Waals surface area contributed by atoms with Gasteiger partial charge in [0.2, 0.25) is 0 Å². The Bertz CT molecular complexity index is 378. The van der Waals surface area contributed by atoms with E-state index in [2.05, 4.69) is 0 Å². The van der Waals surface area contributed by atoms with Gasteiger partial charge in [-0.3, -0.25) is 14.9 Å². The first-order valence-electron chi connectivity index (χ1n) is 3.15. The van der Waals surface area contributed by atoms with E-state index in [0.717, 1.165) is 6.07 Å². The first-order chi connectivity index (χ1) is 6.06. The van der Waals surface area contributed by atoms with Gasteiger partial charge in [-0.15, -0.1) is 0 Å². The van der Waals surface area contributed by atoms with E-state index >= 15 is 0 Å². The molecule has 0 aromatic heterocycles. The lowest BCUT2D eigenvalue weighted by atomic mass is 10.2. The predicted molar refractivity (Wildman–Crippen MR) is 48.5 cm³/mol. The molecule has 0 aliphatic carbocycles. The fraction of sp³-hybridized carbons (Fsp3) is 0. The van der Waals surface area contributed by atoms with Crippen LogP contribution in [0, 0.1) is 10.1 Å². The third-order valence-corrected chi connectivity index (χ3v) is 2.00. The Kier molecular flexibility index (Phi) is 2.85. The Labute approximate surface area is 83.2 Å². The molecule has 1 rings (SSSR count). The van der Waals surface area contributed by atoms with Gasteiger partial charge < -0.3 is 0 Å². The zero-order chi connectivity index (χ0) is 10.0. The number of nitro groups is 1. The Morgan fingerprint density at radius 1 is 1.38 bits per heavy atom. The highest BCUT2D eigenvalue weighted by atomic mass is 35.5. The van der Waals surface area contributed by atoms with Crippen LogP contribution in [-0.4, -0.2) is 11.2 Å². The largest absolute Gasteiger partial charge is 0.298 e. The van der Waals surface area contributed by atoms with E-state index in [9.17, 15) is 14.9 Å². The summed E-state index contributed by atoms with van der Waals surface area (Å²) >= 11 is 11.1. The van der Waals surface area contributed by atoms with Crippen LogP contribution in [0.2, 0.25) is 10.0 Å². The topological polar surface area (TPSA) is 60.2 Å². The number of hydrogen-bond acceptors (Lipinski definition) is 3. The monoisotopic (exact) mass is 219 g/mol. The minimum Gasteiger partial charge on any atom is -0.298 e. The van der Waals surface area contributed by atoms with Crippen LogP contribution in [0.4, 0.5) is 5.69 Å². The fourth-order valence-corrected chi connectivity index (χ4v) is 1.26. The number of carbonyl (C=O) groups excluding carboxylic acids is 1. The molecule has 0 bridgehead atoms. The maximum absolute atomic E-state index is 10.4. The van der Waals surface area contributed by atoms with Crippen molar-refractivity contribution in [3.05, 3.63) is 37.9 Å². The maximum Gasteiger partial charge on any atom is 0.290 e. The Morgan fingerprint density at radius 3 is 2.46 bits per heavy atom. The number of carbonyl (C=O) groups is 1. The molecule has 68 valence electrons. The van der Waals surface area contributed by atoms with Gasteiger partial charge in [-0.1, -0.05) is 23.2 Å². The molecule has 0 spiro atoms. The van der Waals surface area contributed by atoms with E-state index in [1.54, 1.807) is 0 Å². The molecule has 0 saturated heterocycles. The van der Waals surface area contributed by atoms with Gasteiger partial charge in [-0.2, -0.15) is 0 Å². The molecule has 0 heterocycles. The van der Waals surface area contributed by atoms with Crippen LogP contribution in [0.5, 0.6) is 0 Å². The van der Waals surface area contributed by atoms with Crippen molar-refractivity contribution in [2.75, 3.05) is 0 Å². The van der Waals surface area contributed by atoms with Crippen molar-refractivity contribution in [2.24, 2.45) is 0 Å². The number of benzene rings is 1. The minimum atomic E-state index is -0.693. The van der Waals surface area contributed by atoms with Crippen molar-refractivity contribution < 1.29 is 9.72 Å². The number of aldehydes is 1. The first-order valence-corrected chi connectivity index (χ1v) is 3.90. The minimum absolute atomic E-state index is 0.0147. The van der Waals surface area contributed by atoms with Crippen LogP contribution in [0.25, 0.3) is 0 Å². The van der Waals surface area contributed by atoms with Crippen LogP contribution < -0.4 is 0 Å². The van der Waals surface area contributed by atoms with E-state index in [0.29, 0.717) is 6.29 Å². The van der Waals surface area contributed by atoms with Gasteiger partial charge in [0.25, 0.3) is 5.69 Å². The van der Waals surface area contributed by atoms with Crippen molar-refractivity contribution in [1.29, 1.82) is 0 Å². The van der Waals surface area contributed by atoms with Gasteiger partial charge in [0, 0.05) is 16.7 Å². The quantitative estimate of drug-likeness (QED) is 0.437. The second kappa shape index (κ2) is 3.72. The smallest absolute Gasteiger partial charge is 0.290 e. The SMILES string of the molecule is O=Cc1cc(Cl)cc([N+](=O)[O-])c1Cl. The summed E-state index contributed by atoms with van der Waals surface area (Å²) in [7, 11) is 0. The molecule has 0 aliphatic heterocycles. The summed E-state index contributed by atoms with van der Waals surface area (Å²) < 4.78 is 0. The van der Waals surface area contributed by atoms with Crippen LogP contribution in [0.3, 0.4) is 0 Å². The van der Waals surface area contributed by atoms with Crippen molar-refractivity contribution in [1.82, 2.24) is 0 Å². The molecular weight excluding hydrogens is 217 g/mol. The number of nitrogens with zero attached hydrogens (tertiary/aromatic N) is 1. The third kappa shape index (κ3) is 1.96. The highest BCUT2D eigenvalue weighted by Crippen LogP contribution is 2.30. The Morgan fingerprint density at radius 2 is 2.00 bits per heavy atom. The molecular formula is C7H3Cl2NO3. The van der Waals surface area contributed by atoms with Crippen molar-refractivity contribution in [3.8, 4) is 0 Å². The van der Waals surface area contributed by atoms with Crippen LogP contribution >= 0.6 is 23.2 Å².